The number of rotatable bonds is 11. The van der Waals surface area contributed by atoms with Crippen molar-refractivity contribution in [2.24, 2.45) is 11.8 Å². The second-order valence-corrected chi connectivity index (χ2v) is 12.8. The third kappa shape index (κ3) is 5.10. The van der Waals surface area contributed by atoms with Gasteiger partial charge in [0.2, 0.25) is 11.8 Å². The summed E-state index contributed by atoms with van der Waals surface area (Å²) in [6.07, 6.45) is 3.35. The van der Waals surface area contributed by atoms with Crippen LogP contribution in [0.25, 0.3) is 0 Å². The highest BCUT2D eigenvalue weighted by atomic mass is 79.9. The van der Waals surface area contributed by atoms with Gasteiger partial charge >= 0.3 is 0 Å². The number of fused-ring (bicyclic) bond motifs is 1. The van der Waals surface area contributed by atoms with Crippen LogP contribution in [0.5, 0.6) is 0 Å². The van der Waals surface area contributed by atoms with E-state index in [9.17, 15) is 19.5 Å². The molecule has 0 aliphatic carbocycles. The summed E-state index contributed by atoms with van der Waals surface area (Å²) < 4.78 is 6.66. The predicted molar refractivity (Wildman–Crippen MR) is 165 cm³/mol. The molecule has 0 saturated carbocycles. The van der Waals surface area contributed by atoms with Crippen molar-refractivity contribution in [2.45, 2.75) is 41.5 Å². The number of aliphatic hydroxyl groups excluding tert-OH is 1. The molecule has 10 heteroatoms. The van der Waals surface area contributed by atoms with Crippen LogP contribution in [0, 0.1) is 11.8 Å². The number of amides is 3. The third-order valence-electron chi connectivity index (χ3n) is 8.66. The zero-order valence-electron chi connectivity index (χ0n) is 23.4. The van der Waals surface area contributed by atoms with Gasteiger partial charge < -0.3 is 24.5 Å². The van der Waals surface area contributed by atoms with Gasteiger partial charge in [0.15, 0.2) is 0 Å². The first-order valence-electron chi connectivity index (χ1n) is 14.0. The summed E-state index contributed by atoms with van der Waals surface area (Å²) in [7, 11) is 1.67. The minimum Gasteiger partial charge on any atom is -0.394 e. The number of hydrogen-bond donors (Lipinski definition) is 1. The van der Waals surface area contributed by atoms with E-state index in [0.29, 0.717) is 30.1 Å². The number of anilines is 1. The summed E-state index contributed by atoms with van der Waals surface area (Å²) in [5.41, 5.74) is 0.229. The molecule has 7 atom stereocenters. The van der Waals surface area contributed by atoms with Crippen LogP contribution in [0.3, 0.4) is 0 Å². The van der Waals surface area contributed by atoms with Gasteiger partial charge in [0.25, 0.3) is 5.91 Å². The summed E-state index contributed by atoms with van der Waals surface area (Å²) >= 11 is 9.86. The Kier molecular flexibility index (Phi) is 8.94. The third-order valence-corrected chi connectivity index (χ3v) is 9.76. The number of nitrogens with zero attached hydrogens (tertiary/aromatic N) is 3. The minimum atomic E-state index is -1.27. The van der Waals surface area contributed by atoms with E-state index in [4.69, 9.17) is 16.3 Å². The van der Waals surface area contributed by atoms with Gasteiger partial charge in [-0.3, -0.25) is 14.4 Å². The number of alkyl halides is 1. The highest BCUT2D eigenvalue weighted by Crippen LogP contribution is 2.61. The lowest BCUT2D eigenvalue weighted by Gasteiger charge is -2.39. The number of carbonyl (C=O) groups excluding carboxylic acids is 3. The number of benzene rings is 2. The Hall–Kier alpha value is -2.98. The molecule has 2 bridgehead atoms. The van der Waals surface area contributed by atoms with E-state index in [1.165, 1.54) is 9.80 Å². The fourth-order valence-corrected chi connectivity index (χ4v) is 7.99. The maximum Gasteiger partial charge on any atom is 0.253 e. The largest absolute Gasteiger partial charge is 0.394 e. The Balaban J connectivity index is 1.63. The van der Waals surface area contributed by atoms with Gasteiger partial charge in [-0.2, -0.15) is 0 Å². The molecule has 3 aliphatic rings. The summed E-state index contributed by atoms with van der Waals surface area (Å²) in [6.45, 7) is 7.71. The monoisotopic (exact) mass is 655 g/mol. The van der Waals surface area contributed by atoms with Gasteiger partial charge in [0.1, 0.15) is 11.6 Å². The molecule has 0 aromatic heterocycles. The summed E-state index contributed by atoms with van der Waals surface area (Å²) in [5, 5.41) is 11.2. The van der Waals surface area contributed by atoms with E-state index in [1.54, 1.807) is 48.4 Å². The number of halogens is 2. The number of carbonyl (C=O) groups is 3. The standard InChI is InChI=1S/C32H35BrClN3O5/c1-4-15-35(3)29(39)25-26-30(40)37(23(19-38)17-20-9-7-6-8-10-20)28(32(26)18-24(33)27(25)42-32)31(41)36(16-5-2)22-13-11-21(34)12-14-22/h4-14,23-28,38H,1-2,15-19H2,3H3/t23-,24?,25-,26+,27-,28?,32?/m1/s1. The molecular formula is C32H35BrClN3O5. The first-order valence-corrected chi connectivity index (χ1v) is 15.3. The van der Waals surface area contributed by atoms with Gasteiger partial charge in [0.05, 0.1) is 30.6 Å². The van der Waals surface area contributed by atoms with Crippen LogP contribution in [-0.2, 0) is 25.5 Å². The molecule has 0 radical (unpaired) electrons. The van der Waals surface area contributed by atoms with Crippen LogP contribution < -0.4 is 4.90 Å². The van der Waals surface area contributed by atoms with E-state index in [-0.39, 0.29) is 35.7 Å². The Morgan fingerprint density at radius 3 is 2.43 bits per heavy atom. The second-order valence-electron chi connectivity index (χ2n) is 11.2. The van der Waals surface area contributed by atoms with Crippen molar-refractivity contribution in [3.63, 3.8) is 0 Å². The molecule has 1 N–H and O–H groups in total. The minimum absolute atomic E-state index is 0.174. The number of likely N-dealkylation sites (tertiary alicyclic amines) is 1. The molecule has 222 valence electrons. The molecular weight excluding hydrogens is 622 g/mol. The van der Waals surface area contributed by atoms with Crippen LogP contribution in [0.4, 0.5) is 5.69 Å². The average Bonchev–Trinajstić information content (AvgIpc) is 3.58. The Morgan fingerprint density at radius 1 is 1.14 bits per heavy atom. The zero-order valence-corrected chi connectivity index (χ0v) is 25.8. The van der Waals surface area contributed by atoms with E-state index >= 15 is 0 Å². The quantitative estimate of drug-likeness (QED) is 0.293. The maximum absolute atomic E-state index is 14.8. The number of ether oxygens (including phenoxy) is 1. The fourth-order valence-electron chi connectivity index (χ4n) is 6.92. The van der Waals surface area contributed by atoms with Crippen molar-refractivity contribution in [1.82, 2.24) is 9.80 Å². The molecule has 3 heterocycles. The predicted octanol–water partition coefficient (Wildman–Crippen LogP) is 3.86. The van der Waals surface area contributed by atoms with E-state index < -0.39 is 35.6 Å². The SMILES string of the molecule is C=CCN(C)C(=O)[C@H]1[C@@H]2OC3(CC2Br)C(C(=O)N(CC=C)c2ccc(Cl)cc2)N([C@@H](CO)Cc2ccccc2)C(=O)[C@H]13. The molecule has 3 aliphatic heterocycles. The van der Waals surface area contributed by atoms with Crippen molar-refractivity contribution >= 4 is 50.9 Å². The molecule has 1 spiro atoms. The van der Waals surface area contributed by atoms with Crippen molar-refractivity contribution in [2.75, 3.05) is 31.6 Å². The lowest BCUT2D eigenvalue weighted by atomic mass is 9.70. The van der Waals surface area contributed by atoms with Gasteiger partial charge in [0, 0.05) is 35.7 Å². The van der Waals surface area contributed by atoms with E-state index in [1.807, 2.05) is 30.3 Å². The van der Waals surface area contributed by atoms with Crippen molar-refractivity contribution < 1.29 is 24.2 Å². The second kappa shape index (κ2) is 12.3. The topological polar surface area (TPSA) is 90.4 Å². The molecule has 2 aromatic carbocycles. The zero-order chi connectivity index (χ0) is 30.2. The van der Waals surface area contributed by atoms with Crippen LogP contribution >= 0.6 is 27.5 Å². The fraction of sp³-hybridized carbons (Fsp3) is 0.406. The van der Waals surface area contributed by atoms with Gasteiger partial charge in [-0.1, -0.05) is 70.0 Å². The summed E-state index contributed by atoms with van der Waals surface area (Å²) in [5.74, 6) is -2.63. The Labute approximate surface area is 259 Å². The van der Waals surface area contributed by atoms with Crippen molar-refractivity contribution in [3.8, 4) is 0 Å². The molecule has 42 heavy (non-hydrogen) atoms. The van der Waals surface area contributed by atoms with Gasteiger partial charge in [-0.05, 0) is 42.7 Å². The molecule has 2 aromatic rings. The molecule has 3 amide bonds. The first kappa shape index (κ1) is 30.5. The normalized spacial score (nSPS) is 28.3. The number of likely N-dealkylation sites (N-methyl/N-ethyl adjacent to an activating group) is 1. The van der Waals surface area contributed by atoms with Crippen LogP contribution in [0.1, 0.15) is 12.0 Å². The lowest BCUT2D eigenvalue weighted by molar-refractivity contribution is -0.146. The average molecular weight is 657 g/mol. The lowest BCUT2D eigenvalue weighted by Crippen LogP contribution is -2.59. The first-order chi connectivity index (χ1) is 20.2. The van der Waals surface area contributed by atoms with E-state index in [0.717, 1.165) is 5.56 Å². The molecule has 3 unspecified atom stereocenters. The maximum atomic E-state index is 14.8. The van der Waals surface area contributed by atoms with Crippen LogP contribution in [0.15, 0.2) is 79.9 Å². The van der Waals surface area contributed by atoms with Gasteiger partial charge in [-0.25, -0.2) is 0 Å². The Bertz CT molecular complexity index is 1360. The van der Waals surface area contributed by atoms with Crippen molar-refractivity contribution in [1.29, 1.82) is 0 Å². The smallest absolute Gasteiger partial charge is 0.253 e. The highest BCUT2D eigenvalue weighted by molar-refractivity contribution is 9.09. The number of hydrogen-bond acceptors (Lipinski definition) is 5. The van der Waals surface area contributed by atoms with Crippen LogP contribution in [-0.4, -0.2) is 88.0 Å². The highest BCUT2D eigenvalue weighted by Gasteiger charge is 2.77. The van der Waals surface area contributed by atoms with Crippen molar-refractivity contribution in [3.05, 3.63) is 90.5 Å². The molecule has 3 fully saturated rings. The number of aliphatic hydroxyl groups is 1. The molecule has 3 saturated heterocycles. The molecule has 8 nitrogen and oxygen atoms in total. The van der Waals surface area contributed by atoms with E-state index in [2.05, 4.69) is 29.1 Å². The Morgan fingerprint density at radius 2 is 1.81 bits per heavy atom. The molecule has 5 rings (SSSR count). The van der Waals surface area contributed by atoms with Gasteiger partial charge in [-0.15, -0.1) is 13.2 Å². The summed E-state index contributed by atoms with van der Waals surface area (Å²) in [4.78, 5) is 47.5. The summed E-state index contributed by atoms with van der Waals surface area (Å²) in [6, 6.07) is 14.6. The van der Waals surface area contributed by atoms with Crippen LogP contribution in [0.2, 0.25) is 5.02 Å².